The number of carbonyl (C=O) groups is 1. The predicted octanol–water partition coefficient (Wildman–Crippen LogP) is 1.16. The number of rotatable bonds is 5. The molecule has 2 N–H and O–H groups in total. The average molecular weight is 286 g/mol. The fraction of sp³-hybridized carbons (Fsp3) is 0.500. The van der Waals surface area contributed by atoms with Gasteiger partial charge in [-0.25, -0.2) is 4.39 Å². The highest BCUT2D eigenvalue weighted by molar-refractivity contribution is 6.31. The minimum Gasteiger partial charge on any atom is -0.348 e. The zero-order chi connectivity index (χ0) is 14.0. The van der Waals surface area contributed by atoms with Crippen LogP contribution in [0, 0.1) is 5.82 Å². The maximum absolute atomic E-state index is 13.7. The minimum atomic E-state index is -0.318. The minimum absolute atomic E-state index is 0.0208. The summed E-state index contributed by atoms with van der Waals surface area (Å²) in [4.78, 5) is 12.9. The quantitative estimate of drug-likeness (QED) is 0.836. The van der Waals surface area contributed by atoms with Gasteiger partial charge >= 0.3 is 0 Å². The Labute approximate surface area is 117 Å². The molecule has 104 valence electrons. The van der Waals surface area contributed by atoms with E-state index >= 15 is 0 Å². The molecule has 1 aromatic rings. The van der Waals surface area contributed by atoms with Crippen molar-refractivity contribution >= 4 is 17.5 Å². The van der Waals surface area contributed by atoms with Gasteiger partial charge in [0.25, 0.3) is 5.91 Å². The van der Waals surface area contributed by atoms with Crippen molar-refractivity contribution in [3.05, 3.63) is 34.6 Å². The molecule has 0 saturated heterocycles. The lowest BCUT2D eigenvalue weighted by molar-refractivity contribution is -0.908. The van der Waals surface area contributed by atoms with Crippen LogP contribution in [-0.2, 0) is 11.3 Å². The molecule has 1 unspecified atom stereocenters. The van der Waals surface area contributed by atoms with Crippen LogP contribution in [-0.4, -0.2) is 25.0 Å². The number of quaternary nitrogens is 1. The molecule has 19 heavy (non-hydrogen) atoms. The zero-order valence-corrected chi connectivity index (χ0v) is 11.9. The highest BCUT2D eigenvalue weighted by Crippen LogP contribution is 2.19. The Bertz CT molecular complexity index is 456. The molecule has 1 aromatic carbocycles. The summed E-state index contributed by atoms with van der Waals surface area (Å²) in [6, 6.07) is 4.77. The summed E-state index contributed by atoms with van der Waals surface area (Å²) >= 11 is 6.00. The van der Waals surface area contributed by atoms with Crippen LogP contribution in [0.4, 0.5) is 4.39 Å². The summed E-state index contributed by atoms with van der Waals surface area (Å²) in [5.74, 6) is -0.297. The number of nitrogens with one attached hydrogen (secondary N) is 2. The van der Waals surface area contributed by atoms with Crippen LogP contribution in [0.15, 0.2) is 18.2 Å². The van der Waals surface area contributed by atoms with E-state index in [9.17, 15) is 9.18 Å². The molecule has 0 bridgehead atoms. The summed E-state index contributed by atoms with van der Waals surface area (Å²) in [6.45, 7) is 2.24. The molecule has 0 aromatic heterocycles. The fourth-order valence-electron chi connectivity index (χ4n) is 1.91. The Morgan fingerprint density at radius 2 is 2.26 bits per heavy atom. The number of benzene rings is 1. The first-order valence-corrected chi connectivity index (χ1v) is 6.92. The molecule has 3 nitrogen and oxygen atoms in total. The lowest BCUT2D eigenvalue weighted by atomic mass is 10.1. The molecule has 1 amide bonds. The monoisotopic (exact) mass is 285 g/mol. The third-order valence-corrected chi connectivity index (χ3v) is 3.93. The third-order valence-electron chi connectivity index (χ3n) is 3.57. The number of carbonyl (C=O) groups excluding carboxylic acids is 1. The second-order valence-electron chi connectivity index (χ2n) is 5.23. The van der Waals surface area contributed by atoms with E-state index in [1.165, 1.54) is 6.07 Å². The van der Waals surface area contributed by atoms with Crippen LogP contribution < -0.4 is 10.2 Å². The Hall–Kier alpha value is -1.13. The van der Waals surface area contributed by atoms with Crippen molar-refractivity contribution < 1.29 is 14.1 Å². The molecule has 1 fully saturated rings. The normalized spacial score (nSPS) is 17.9. The largest absolute Gasteiger partial charge is 0.348 e. The molecule has 2 atom stereocenters. The molecule has 1 aliphatic carbocycles. The maximum atomic E-state index is 13.7. The van der Waals surface area contributed by atoms with Gasteiger partial charge in [0.1, 0.15) is 12.4 Å². The van der Waals surface area contributed by atoms with Crippen LogP contribution in [0.25, 0.3) is 0 Å². The number of hydrogen-bond acceptors (Lipinski definition) is 1. The summed E-state index contributed by atoms with van der Waals surface area (Å²) in [5.41, 5.74) is 0.465. The first-order chi connectivity index (χ1) is 8.99. The molecule has 1 aliphatic rings. The van der Waals surface area contributed by atoms with Crippen molar-refractivity contribution in [3.63, 3.8) is 0 Å². The van der Waals surface area contributed by atoms with Gasteiger partial charge in [0.2, 0.25) is 0 Å². The topological polar surface area (TPSA) is 33.5 Å². The molecule has 2 rings (SSSR count). The Balaban J connectivity index is 1.99. The van der Waals surface area contributed by atoms with Crippen molar-refractivity contribution in [3.8, 4) is 0 Å². The van der Waals surface area contributed by atoms with E-state index in [2.05, 4.69) is 5.32 Å². The van der Waals surface area contributed by atoms with Crippen LogP contribution in [0.2, 0.25) is 5.02 Å². The molecular weight excluding hydrogens is 267 g/mol. The van der Waals surface area contributed by atoms with Gasteiger partial charge in [0.15, 0.2) is 6.04 Å². The van der Waals surface area contributed by atoms with E-state index in [-0.39, 0.29) is 17.8 Å². The lowest BCUT2D eigenvalue weighted by Gasteiger charge is -2.21. The Morgan fingerprint density at radius 3 is 2.84 bits per heavy atom. The zero-order valence-electron chi connectivity index (χ0n) is 11.2. The number of likely N-dealkylation sites (N-methyl/N-ethyl adjacent to an activating group) is 1. The molecule has 0 spiro atoms. The van der Waals surface area contributed by atoms with Crippen molar-refractivity contribution in [1.82, 2.24) is 5.32 Å². The van der Waals surface area contributed by atoms with E-state index in [0.29, 0.717) is 23.2 Å². The predicted molar refractivity (Wildman–Crippen MR) is 72.6 cm³/mol. The SMILES string of the molecule is C[C@H](C(=O)NC1CC1)[NH+](C)Cc1c(F)cccc1Cl. The molecule has 0 radical (unpaired) electrons. The second kappa shape index (κ2) is 5.88. The summed E-state index contributed by atoms with van der Waals surface area (Å²) < 4.78 is 13.7. The third kappa shape index (κ3) is 3.67. The van der Waals surface area contributed by atoms with Crippen LogP contribution in [0.3, 0.4) is 0 Å². The van der Waals surface area contributed by atoms with E-state index in [0.717, 1.165) is 17.7 Å². The van der Waals surface area contributed by atoms with Gasteiger partial charge in [0, 0.05) is 6.04 Å². The molecule has 5 heteroatoms. The molecule has 0 aliphatic heterocycles. The van der Waals surface area contributed by atoms with Gasteiger partial charge in [-0.1, -0.05) is 17.7 Å². The fourth-order valence-corrected chi connectivity index (χ4v) is 2.14. The van der Waals surface area contributed by atoms with Gasteiger partial charge < -0.3 is 10.2 Å². The van der Waals surface area contributed by atoms with Gasteiger partial charge in [-0.05, 0) is 31.9 Å². The molecule has 1 saturated carbocycles. The average Bonchev–Trinajstić information content (AvgIpc) is 3.16. The smallest absolute Gasteiger partial charge is 0.278 e. The highest BCUT2D eigenvalue weighted by atomic mass is 35.5. The van der Waals surface area contributed by atoms with Crippen LogP contribution in [0.5, 0.6) is 0 Å². The first-order valence-electron chi connectivity index (χ1n) is 6.54. The van der Waals surface area contributed by atoms with Gasteiger partial charge in [-0.3, -0.25) is 4.79 Å². The van der Waals surface area contributed by atoms with Crippen molar-refractivity contribution in [1.29, 1.82) is 0 Å². The van der Waals surface area contributed by atoms with Crippen LogP contribution >= 0.6 is 11.6 Å². The number of hydrogen-bond donors (Lipinski definition) is 2. The van der Waals surface area contributed by atoms with Crippen molar-refractivity contribution in [2.24, 2.45) is 0 Å². The van der Waals surface area contributed by atoms with E-state index < -0.39 is 0 Å². The first kappa shape index (κ1) is 14.3. The number of amides is 1. The maximum Gasteiger partial charge on any atom is 0.278 e. The van der Waals surface area contributed by atoms with Crippen LogP contribution in [0.1, 0.15) is 25.3 Å². The van der Waals surface area contributed by atoms with Gasteiger partial charge in [0.05, 0.1) is 17.6 Å². The standard InChI is InChI=1S/C14H18ClFN2O/c1-9(14(19)17-10-6-7-10)18(2)8-11-12(15)4-3-5-13(11)16/h3-5,9-10H,6-8H2,1-2H3,(H,17,19)/p+1/t9-/m1/s1. The lowest BCUT2D eigenvalue weighted by Crippen LogP contribution is -3.12. The molecule has 0 heterocycles. The van der Waals surface area contributed by atoms with E-state index in [4.69, 9.17) is 11.6 Å². The Kier molecular flexibility index (Phi) is 4.42. The van der Waals surface area contributed by atoms with Crippen molar-refractivity contribution in [2.75, 3.05) is 7.05 Å². The van der Waals surface area contributed by atoms with Gasteiger partial charge in [-0.2, -0.15) is 0 Å². The molecular formula is C14H19ClFN2O+. The summed E-state index contributed by atoms with van der Waals surface area (Å²) in [6.07, 6.45) is 2.13. The van der Waals surface area contributed by atoms with E-state index in [1.807, 2.05) is 14.0 Å². The van der Waals surface area contributed by atoms with Crippen molar-refractivity contribution in [2.45, 2.75) is 38.4 Å². The highest BCUT2D eigenvalue weighted by Gasteiger charge is 2.29. The summed E-state index contributed by atoms with van der Waals surface area (Å²) in [5, 5.41) is 3.37. The Morgan fingerprint density at radius 1 is 1.58 bits per heavy atom. The summed E-state index contributed by atoms with van der Waals surface area (Å²) in [7, 11) is 1.87. The van der Waals surface area contributed by atoms with E-state index in [1.54, 1.807) is 12.1 Å². The van der Waals surface area contributed by atoms with Gasteiger partial charge in [-0.15, -0.1) is 0 Å². The second-order valence-corrected chi connectivity index (χ2v) is 5.64. The number of halogens is 2.